The highest BCUT2D eigenvalue weighted by atomic mass is 19.1. The molecule has 0 aliphatic rings. The van der Waals surface area contributed by atoms with E-state index in [0.717, 1.165) is 28.9 Å². The van der Waals surface area contributed by atoms with Crippen LogP contribution >= 0.6 is 0 Å². The first kappa shape index (κ1) is 11.9. The molecule has 3 nitrogen and oxygen atoms in total. The lowest BCUT2D eigenvalue weighted by atomic mass is 10.0. The Labute approximate surface area is 110 Å². The molecule has 0 aliphatic heterocycles. The maximum atomic E-state index is 13.2. The Bertz CT molecular complexity index is 718. The number of hydrogen-bond acceptors (Lipinski definition) is 2. The Hall–Kier alpha value is -2.20. The lowest BCUT2D eigenvalue weighted by Crippen LogP contribution is -2.04. The van der Waals surface area contributed by atoms with E-state index in [9.17, 15) is 4.39 Å². The minimum Gasteiger partial charge on any atom is -0.338 e. The summed E-state index contributed by atoms with van der Waals surface area (Å²) in [5.41, 5.74) is 9.25. The summed E-state index contributed by atoms with van der Waals surface area (Å²) in [4.78, 5) is 7.66. The number of H-pyrrole nitrogens is 1. The molecule has 3 aromatic rings. The minimum absolute atomic E-state index is 0.266. The number of rotatable bonds is 3. The van der Waals surface area contributed by atoms with Crippen LogP contribution in [0.3, 0.4) is 0 Å². The number of nitrogens with one attached hydrogen (secondary N) is 1. The largest absolute Gasteiger partial charge is 0.338 e. The Morgan fingerprint density at radius 1 is 1.16 bits per heavy atom. The third kappa shape index (κ3) is 2.22. The van der Waals surface area contributed by atoms with Crippen molar-refractivity contribution in [1.29, 1.82) is 0 Å². The first-order chi connectivity index (χ1) is 9.28. The SMILES string of the molecule is NCCc1ccccc1-c1nc2ccc(F)cc2[nH]1. The van der Waals surface area contributed by atoms with Crippen molar-refractivity contribution >= 4 is 11.0 Å². The van der Waals surface area contributed by atoms with Gasteiger partial charge in [-0.2, -0.15) is 0 Å². The number of imidazole rings is 1. The first-order valence-corrected chi connectivity index (χ1v) is 6.21. The molecule has 1 heterocycles. The summed E-state index contributed by atoms with van der Waals surface area (Å²) in [5, 5.41) is 0. The average Bonchev–Trinajstić information content (AvgIpc) is 2.82. The molecule has 3 rings (SSSR count). The van der Waals surface area contributed by atoms with Crippen molar-refractivity contribution in [2.75, 3.05) is 6.54 Å². The molecule has 0 unspecified atom stereocenters. The highest BCUT2D eigenvalue weighted by molar-refractivity contribution is 5.80. The van der Waals surface area contributed by atoms with Crippen LogP contribution in [0.15, 0.2) is 42.5 Å². The van der Waals surface area contributed by atoms with E-state index in [1.807, 2.05) is 24.3 Å². The first-order valence-electron chi connectivity index (χ1n) is 6.21. The molecule has 0 fully saturated rings. The molecule has 0 radical (unpaired) electrons. The quantitative estimate of drug-likeness (QED) is 0.756. The summed E-state index contributed by atoms with van der Waals surface area (Å²) in [5.74, 6) is 0.489. The molecule has 0 bridgehead atoms. The number of aromatic nitrogens is 2. The summed E-state index contributed by atoms with van der Waals surface area (Å²) in [6, 6.07) is 12.5. The molecular formula is C15H14FN3. The zero-order chi connectivity index (χ0) is 13.2. The smallest absolute Gasteiger partial charge is 0.138 e. The van der Waals surface area contributed by atoms with Crippen LogP contribution in [0.4, 0.5) is 4.39 Å². The van der Waals surface area contributed by atoms with Crippen molar-refractivity contribution in [2.24, 2.45) is 5.73 Å². The monoisotopic (exact) mass is 255 g/mol. The zero-order valence-electron chi connectivity index (χ0n) is 10.4. The number of hydrogen-bond donors (Lipinski definition) is 2. The highest BCUT2D eigenvalue weighted by Crippen LogP contribution is 2.24. The van der Waals surface area contributed by atoms with Gasteiger partial charge in [-0.05, 0) is 36.7 Å². The Morgan fingerprint density at radius 3 is 2.84 bits per heavy atom. The van der Waals surface area contributed by atoms with E-state index in [0.29, 0.717) is 12.1 Å². The molecule has 19 heavy (non-hydrogen) atoms. The third-order valence-electron chi connectivity index (χ3n) is 3.13. The van der Waals surface area contributed by atoms with Crippen LogP contribution in [0.1, 0.15) is 5.56 Å². The number of nitrogens with two attached hydrogens (primary N) is 1. The number of fused-ring (bicyclic) bond motifs is 1. The second-order valence-electron chi connectivity index (χ2n) is 4.44. The van der Waals surface area contributed by atoms with Gasteiger partial charge in [0.25, 0.3) is 0 Å². The molecule has 0 saturated heterocycles. The molecule has 3 N–H and O–H groups in total. The van der Waals surface area contributed by atoms with E-state index in [1.165, 1.54) is 12.1 Å². The predicted octanol–water partition coefficient (Wildman–Crippen LogP) is 2.87. The fraction of sp³-hybridized carbons (Fsp3) is 0.133. The van der Waals surface area contributed by atoms with Gasteiger partial charge < -0.3 is 10.7 Å². The average molecular weight is 255 g/mol. The summed E-state index contributed by atoms with van der Waals surface area (Å²) in [7, 11) is 0. The standard InChI is InChI=1S/C15H14FN3/c16-11-5-6-13-14(9-11)19-15(18-13)12-4-2-1-3-10(12)7-8-17/h1-6,9H,7-8,17H2,(H,18,19). The van der Waals surface area contributed by atoms with Crippen molar-refractivity contribution < 1.29 is 4.39 Å². The van der Waals surface area contributed by atoms with Gasteiger partial charge in [0.15, 0.2) is 0 Å². The minimum atomic E-state index is -0.266. The van der Waals surface area contributed by atoms with Crippen LogP contribution in [0, 0.1) is 5.82 Å². The second kappa shape index (κ2) is 4.82. The lowest BCUT2D eigenvalue weighted by Gasteiger charge is -2.05. The van der Waals surface area contributed by atoms with Crippen molar-refractivity contribution in [3.63, 3.8) is 0 Å². The molecule has 1 aromatic heterocycles. The van der Waals surface area contributed by atoms with Crippen molar-refractivity contribution in [2.45, 2.75) is 6.42 Å². The van der Waals surface area contributed by atoms with Crippen LogP contribution in [0.25, 0.3) is 22.4 Å². The second-order valence-corrected chi connectivity index (χ2v) is 4.44. The maximum Gasteiger partial charge on any atom is 0.138 e. The molecule has 0 spiro atoms. The summed E-state index contributed by atoms with van der Waals surface area (Å²) in [6.45, 7) is 0.589. The Kier molecular flexibility index (Phi) is 3.01. The third-order valence-corrected chi connectivity index (χ3v) is 3.13. The highest BCUT2D eigenvalue weighted by Gasteiger charge is 2.09. The Balaban J connectivity index is 2.13. The van der Waals surface area contributed by atoms with Gasteiger partial charge in [0.05, 0.1) is 11.0 Å². The lowest BCUT2D eigenvalue weighted by molar-refractivity contribution is 0.629. The van der Waals surface area contributed by atoms with E-state index in [2.05, 4.69) is 9.97 Å². The van der Waals surface area contributed by atoms with Gasteiger partial charge in [0.1, 0.15) is 11.6 Å². The van der Waals surface area contributed by atoms with E-state index in [-0.39, 0.29) is 5.82 Å². The number of nitrogens with zero attached hydrogens (tertiary/aromatic N) is 1. The predicted molar refractivity (Wildman–Crippen MR) is 74.2 cm³/mol. The molecule has 0 atom stereocenters. The van der Waals surface area contributed by atoms with E-state index >= 15 is 0 Å². The molecule has 96 valence electrons. The fourth-order valence-electron chi connectivity index (χ4n) is 2.23. The number of aromatic amines is 1. The van der Waals surface area contributed by atoms with Gasteiger partial charge in [0.2, 0.25) is 0 Å². The summed E-state index contributed by atoms with van der Waals surface area (Å²) >= 11 is 0. The Morgan fingerprint density at radius 2 is 2.00 bits per heavy atom. The van der Waals surface area contributed by atoms with Crippen LogP contribution < -0.4 is 5.73 Å². The maximum absolute atomic E-state index is 13.2. The number of halogens is 1. The topological polar surface area (TPSA) is 54.7 Å². The van der Waals surface area contributed by atoms with E-state index in [1.54, 1.807) is 6.07 Å². The van der Waals surface area contributed by atoms with Gasteiger partial charge in [-0.25, -0.2) is 9.37 Å². The van der Waals surface area contributed by atoms with Crippen LogP contribution in [-0.4, -0.2) is 16.5 Å². The molecule has 2 aromatic carbocycles. The summed E-state index contributed by atoms with van der Waals surface area (Å²) in [6.07, 6.45) is 0.793. The van der Waals surface area contributed by atoms with Gasteiger partial charge in [-0.1, -0.05) is 24.3 Å². The summed E-state index contributed by atoms with van der Waals surface area (Å²) < 4.78 is 13.2. The van der Waals surface area contributed by atoms with Gasteiger partial charge >= 0.3 is 0 Å². The fourth-order valence-corrected chi connectivity index (χ4v) is 2.23. The van der Waals surface area contributed by atoms with Crippen molar-refractivity contribution in [1.82, 2.24) is 9.97 Å². The van der Waals surface area contributed by atoms with Gasteiger partial charge in [-0.15, -0.1) is 0 Å². The number of benzene rings is 2. The van der Waals surface area contributed by atoms with E-state index < -0.39 is 0 Å². The molecule has 0 saturated carbocycles. The molecule has 4 heteroatoms. The van der Waals surface area contributed by atoms with Crippen LogP contribution in [-0.2, 0) is 6.42 Å². The van der Waals surface area contributed by atoms with Gasteiger partial charge in [0, 0.05) is 5.56 Å². The van der Waals surface area contributed by atoms with Gasteiger partial charge in [-0.3, -0.25) is 0 Å². The normalized spacial score (nSPS) is 11.1. The van der Waals surface area contributed by atoms with Crippen LogP contribution in [0.5, 0.6) is 0 Å². The van der Waals surface area contributed by atoms with E-state index in [4.69, 9.17) is 5.73 Å². The van der Waals surface area contributed by atoms with Crippen molar-refractivity contribution in [3.8, 4) is 11.4 Å². The molecular weight excluding hydrogens is 241 g/mol. The molecule has 0 amide bonds. The zero-order valence-corrected chi connectivity index (χ0v) is 10.4. The van der Waals surface area contributed by atoms with Crippen molar-refractivity contribution in [3.05, 3.63) is 53.8 Å². The molecule has 0 aliphatic carbocycles. The van der Waals surface area contributed by atoms with Crippen LogP contribution in [0.2, 0.25) is 0 Å².